The maximum Gasteiger partial charge on any atom is 0.0540 e. The molecule has 0 heterocycles. The van der Waals surface area contributed by atoms with Crippen LogP contribution in [0.25, 0.3) is 54.9 Å². The summed E-state index contributed by atoms with van der Waals surface area (Å²) in [4.78, 5) is 2.42. The molecular formula is C44H31N. The Morgan fingerprint density at radius 3 is 1.53 bits per heavy atom. The number of anilines is 3. The third-order valence-corrected chi connectivity index (χ3v) is 8.58. The van der Waals surface area contributed by atoms with Crippen LogP contribution in [-0.2, 0) is 0 Å². The molecule has 1 nitrogen and oxygen atoms in total. The molecule has 0 saturated heterocycles. The van der Waals surface area contributed by atoms with Gasteiger partial charge in [0.15, 0.2) is 0 Å². The third kappa shape index (κ3) is 5.26. The second-order valence-electron chi connectivity index (χ2n) is 11.4. The summed E-state index contributed by atoms with van der Waals surface area (Å²) in [5.41, 5.74) is 10.5. The summed E-state index contributed by atoms with van der Waals surface area (Å²) < 4.78 is 0. The highest BCUT2D eigenvalue weighted by atomic mass is 15.1. The van der Waals surface area contributed by atoms with Gasteiger partial charge >= 0.3 is 0 Å². The standard InChI is InChI=1S/C44H31N/c1-3-13-32(14-4-1)39-28-40(33-15-5-2-6-16-33)31-42(30-39)45(44-24-12-20-35-18-9-10-23-43(35)44)41-22-11-21-37(29-41)38-26-25-34-17-7-8-19-36(34)27-38/h1-31H. The summed E-state index contributed by atoms with van der Waals surface area (Å²) in [6.45, 7) is 0. The molecule has 1 heteroatoms. The highest BCUT2D eigenvalue weighted by molar-refractivity contribution is 6.00. The molecule has 8 aromatic carbocycles. The van der Waals surface area contributed by atoms with Gasteiger partial charge in [0, 0.05) is 16.8 Å². The van der Waals surface area contributed by atoms with Crippen LogP contribution in [0.3, 0.4) is 0 Å². The van der Waals surface area contributed by atoms with Gasteiger partial charge in [-0.05, 0) is 92.0 Å². The first kappa shape index (κ1) is 26.7. The molecule has 0 bridgehead atoms. The summed E-state index contributed by atoms with van der Waals surface area (Å²) in [6.07, 6.45) is 0. The average Bonchev–Trinajstić information content (AvgIpc) is 3.12. The van der Waals surface area contributed by atoms with Crippen LogP contribution in [0.1, 0.15) is 0 Å². The molecule has 0 aliphatic carbocycles. The first-order chi connectivity index (χ1) is 22.3. The van der Waals surface area contributed by atoms with Crippen LogP contribution in [0.5, 0.6) is 0 Å². The summed E-state index contributed by atoms with van der Waals surface area (Å²) in [6, 6.07) is 67.8. The van der Waals surface area contributed by atoms with E-state index in [-0.39, 0.29) is 0 Å². The van der Waals surface area contributed by atoms with Gasteiger partial charge < -0.3 is 4.90 Å². The van der Waals surface area contributed by atoms with Gasteiger partial charge in [-0.25, -0.2) is 0 Å². The van der Waals surface area contributed by atoms with Gasteiger partial charge in [-0.15, -0.1) is 0 Å². The lowest BCUT2D eigenvalue weighted by Crippen LogP contribution is -2.11. The molecule has 0 N–H and O–H groups in total. The molecule has 0 aliphatic rings. The van der Waals surface area contributed by atoms with Gasteiger partial charge in [0.25, 0.3) is 0 Å². The van der Waals surface area contributed by atoms with Crippen molar-refractivity contribution in [3.8, 4) is 33.4 Å². The molecule has 212 valence electrons. The Bertz CT molecular complexity index is 2200. The lowest BCUT2D eigenvalue weighted by atomic mass is 9.96. The highest BCUT2D eigenvalue weighted by Crippen LogP contribution is 2.43. The maximum atomic E-state index is 2.42. The third-order valence-electron chi connectivity index (χ3n) is 8.58. The van der Waals surface area contributed by atoms with Crippen LogP contribution < -0.4 is 4.90 Å². The van der Waals surface area contributed by atoms with Gasteiger partial charge in [0.1, 0.15) is 0 Å². The fourth-order valence-electron chi connectivity index (χ4n) is 6.36. The Balaban J connectivity index is 1.37. The summed E-state index contributed by atoms with van der Waals surface area (Å²) in [5.74, 6) is 0. The van der Waals surface area contributed by atoms with Crippen LogP contribution in [-0.4, -0.2) is 0 Å². The number of rotatable bonds is 6. The van der Waals surface area contributed by atoms with Crippen LogP contribution in [0, 0.1) is 0 Å². The zero-order chi connectivity index (χ0) is 30.0. The molecule has 0 spiro atoms. The van der Waals surface area contributed by atoms with E-state index in [0.717, 1.165) is 17.1 Å². The molecule has 8 rings (SSSR count). The molecule has 45 heavy (non-hydrogen) atoms. The quantitative estimate of drug-likeness (QED) is 0.191. The van der Waals surface area contributed by atoms with Gasteiger partial charge in [0.2, 0.25) is 0 Å². The minimum Gasteiger partial charge on any atom is -0.310 e. The zero-order valence-electron chi connectivity index (χ0n) is 24.8. The smallest absolute Gasteiger partial charge is 0.0540 e. The largest absolute Gasteiger partial charge is 0.310 e. The van der Waals surface area contributed by atoms with E-state index < -0.39 is 0 Å². The molecule has 0 radical (unpaired) electrons. The Labute approximate surface area is 264 Å². The Hall–Kier alpha value is -5.92. The van der Waals surface area contributed by atoms with E-state index in [2.05, 4.69) is 193 Å². The normalized spacial score (nSPS) is 11.1. The van der Waals surface area contributed by atoms with Crippen LogP contribution in [0.15, 0.2) is 188 Å². The highest BCUT2D eigenvalue weighted by Gasteiger charge is 2.18. The van der Waals surface area contributed by atoms with Crippen molar-refractivity contribution in [2.45, 2.75) is 0 Å². The monoisotopic (exact) mass is 573 g/mol. The second-order valence-corrected chi connectivity index (χ2v) is 11.4. The zero-order valence-corrected chi connectivity index (χ0v) is 24.8. The van der Waals surface area contributed by atoms with Crippen molar-refractivity contribution >= 4 is 38.6 Å². The number of hydrogen-bond acceptors (Lipinski definition) is 1. The maximum absolute atomic E-state index is 2.42. The summed E-state index contributed by atoms with van der Waals surface area (Å²) >= 11 is 0. The van der Waals surface area contributed by atoms with Crippen LogP contribution in [0.2, 0.25) is 0 Å². The fourth-order valence-corrected chi connectivity index (χ4v) is 6.36. The predicted octanol–water partition coefficient (Wildman–Crippen LogP) is 12.5. The molecule has 0 atom stereocenters. The molecule has 8 aromatic rings. The number of benzene rings is 8. The first-order valence-electron chi connectivity index (χ1n) is 15.4. The van der Waals surface area contributed by atoms with E-state index in [4.69, 9.17) is 0 Å². The molecule has 0 fully saturated rings. The van der Waals surface area contributed by atoms with Gasteiger partial charge in [-0.3, -0.25) is 0 Å². The molecule has 0 amide bonds. The van der Waals surface area contributed by atoms with Crippen molar-refractivity contribution in [3.05, 3.63) is 188 Å². The van der Waals surface area contributed by atoms with Crippen molar-refractivity contribution in [2.24, 2.45) is 0 Å². The van der Waals surface area contributed by atoms with Crippen molar-refractivity contribution in [1.29, 1.82) is 0 Å². The molecule has 0 saturated carbocycles. The van der Waals surface area contributed by atoms with E-state index in [1.807, 2.05) is 0 Å². The van der Waals surface area contributed by atoms with Crippen LogP contribution in [0.4, 0.5) is 17.1 Å². The van der Waals surface area contributed by atoms with Crippen molar-refractivity contribution < 1.29 is 0 Å². The molecule has 0 unspecified atom stereocenters. The minimum atomic E-state index is 1.11. The van der Waals surface area contributed by atoms with E-state index in [9.17, 15) is 0 Å². The summed E-state index contributed by atoms with van der Waals surface area (Å²) in [7, 11) is 0. The van der Waals surface area contributed by atoms with Gasteiger partial charge in [-0.2, -0.15) is 0 Å². The molecular weight excluding hydrogens is 542 g/mol. The topological polar surface area (TPSA) is 3.24 Å². The van der Waals surface area contributed by atoms with Crippen molar-refractivity contribution in [2.75, 3.05) is 4.90 Å². The second kappa shape index (κ2) is 11.6. The van der Waals surface area contributed by atoms with E-state index >= 15 is 0 Å². The van der Waals surface area contributed by atoms with Gasteiger partial charge in [0.05, 0.1) is 5.69 Å². The first-order valence-corrected chi connectivity index (χ1v) is 15.4. The molecule has 0 aliphatic heterocycles. The Morgan fingerprint density at radius 1 is 0.267 bits per heavy atom. The van der Waals surface area contributed by atoms with E-state index in [1.165, 1.54) is 54.9 Å². The summed E-state index contributed by atoms with van der Waals surface area (Å²) in [5, 5.41) is 4.92. The van der Waals surface area contributed by atoms with E-state index in [1.54, 1.807) is 0 Å². The SMILES string of the molecule is c1ccc(-c2cc(-c3ccccc3)cc(N(c3cccc(-c4ccc5ccccc5c4)c3)c3cccc4ccccc34)c2)cc1. The number of fused-ring (bicyclic) bond motifs is 2. The number of nitrogens with zero attached hydrogens (tertiary/aromatic N) is 1. The number of hydrogen-bond donors (Lipinski definition) is 0. The van der Waals surface area contributed by atoms with Crippen LogP contribution >= 0.6 is 0 Å². The van der Waals surface area contributed by atoms with E-state index in [0.29, 0.717) is 0 Å². The lowest BCUT2D eigenvalue weighted by molar-refractivity contribution is 1.30. The van der Waals surface area contributed by atoms with Gasteiger partial charge in [-0.1, -0.05) is 146 Å². The molecule has 0 aromatic heterocycles. The van der Waals surface area contributed by atoms with Crippen molar-refractivity contribution in [1.82, 2.24) is 0 Å². The predicted molar refractivity (Wildman–Crippen MR) is 192 cm³/mol. The minimum absolute atomic E-state index is 1.11. The Kier molecular flexibility index (Phi) is 6.90. The lowest BCUT2D eigenvalue weighted by Gasteiger charge is -2.28. The average molecular weight is 574 g/mol. The fraction of sp³-hybridized carbons (Fsp3) is 0. The van der Waals surface area contributed by atoms with Crippen molar-refractivity contribution in [3.63, 3.8) is 0 Å². The Morgan fingerprint density at radius 2 is 0.800 bits per heavy atom.